The Labute approximate surface area is 199 Å². The summed E-state index contributed by atoms with van der Waals surface area (Å²) in [5.74, 6) is 10.6. The van der Waals surface area contributed by atoms with Crippen molar-refractivity contribution >= 4 is 23.4 Å². The van der Waals surface area contributed by atoms with Gasteiger partial charge in [0.25, 0.3) is 5.91 Å². The molecule has 2 aromatic rings. The van der Waals surface area contributed by atoms with Gasteiger partial charge in [-0.05, 0) is 50.8 Å². The van der Waals surface area contributed by atoms with Crippen LogP contribution in [0.25, 0.3) is 0 Å². The van der Waals surface area contributed by atoms with Gasteiger partial charge in [0.15, 0.2) is 11.6 Å². The highest BCUT2D eigenvalue weighted by Gasteiger charge is 2.40. The fourth-order valence-corrected chi connectivity index (χ4v) is 4.19. The number of carbonyl (C=O) groups excluding carboxylic acids is 1. The summed E-state index contributed by atoms with van der Waals surface area (Å²) in [5.41, 5.74) is -0.712. The van der Waals surface area contributed by atoms with Crippen LogP contribution in [0.15, 0.2) is 35.7 Å². The van der Waals surface area contributed by atoms with Gasteiger partial charge in [0.2, 0.25) is 0 Å². The van der Waals surface area contributed by atoms with E-state index in [1.807, 2.05) is 4.90 Å². The minimum Gasteiger partial charge on any atom is -0.354 e. The summed E-state index contributed by atoms with van der Waals surface area (Å²) in [6, 6.07) is 3.75. The van der Waals surface area contributed by atoms with E-state index in [2.05, 4.69) is 15.1 Å². The summed E-state index contributed by atoms with van der Waals surface area (Å²) in [5, 5.41) is 4.72. The molecule has 2 fully saturated rings. The molecule has 0 aromatic carbocycles. The van der Waals surface area contributed by atoms with Gasteiger partial charge in [0, 0.05) is 37.6 Å². The van der Waals surface area contributed by atoms with E-state index in [0.717, 1.165) is 12.8 Å². The molecular formula is C22H26F4N8O. The van der Waals surface area contributed by atoms with Crippen LogP contribution in [0.1, 0.15) is 48.5 Å². The molecule has 13 heteroatoms. The van der Waals surface area contributed by atoms with Crippen molar-refractivity contribution in [3.63, 3.8) is 0 Å². The van der Waals surface area contributed by atoms with Gasteiger partial charge >= 0.3 is 6.18 Å². The summed E-state index contributed by atoms with van der Waals surface area (Å²) in [6.07, 6.45) is 0.316. The zero-order valence-corrected chi connectivity index (χ0v) is 19.0. The molecule has 1 aliphatic heterocycles. The minimum absolute atomic E-state index is 0.0824. The Balaban J connectivity index is 1.44. The van der Waals surface area contributed by atoms with Crippen molar-refractivity contribution in [2.24, 2.45) is 16.8 Å². The number of nitrogens with two attached hydrogens (primary N) is 2. The lowest BCUT2D eigenvalue weighted by molar-refractivity contribution is -0.138. The highest BCUT2D eigenvalue weighted by Crippen LogP contribution is 2.35. The normalized spacial score (nSPS) is 17.4. The van der Waals surface area contributed by atoms with Crippen LogP contribution in [0.3, 0.4) is 0 Å². The Morgan fingerprint density at radius 3 is 2.29 bits per heavy atom. The van der Waals surface area contributed by atoms with Crippen LogP contribution in [-0.2, 0) is 6.18 Å². The summed E-state index contributed by atoms with van der Waals surface area (Å²) in [7, 11) is 0. The molecule has 0 bridgehead atoms. The first-order valence-electron chi connectivity index (χ1n) is 11.2. The molecule has 188 valence electrons. The van der Waals surface area contributed by atoms with Gasteiger partial charge in [-0.15, -0.1) is 0 Å². The van der Waals surface area contributed by atoms with Crippen LogP contribution in [0.2, 0.25) is 0 Å². The predicted octanol–water partition coefficient (Wildman–Crippen LogP) is 2.88. The quantitative estimate of drug-likeness (QED) is 0.216. The third kappa shape index (κ3) is 5.29. The first kappa shape index (κ1) is 24.6. The molecule has 1 aliphatic carbocycles. The molecule has 35 heavy (non-hydrogen) atoms. The number of amidine groups is 1. The number of hydrazine groups is 1. The largest absolute Gasteiger partial charge is 0.417 e. The number of pyridine rings is 2. The van der Waals surface area contributed by atoms with E-state index in [4.69, 9.17) is 11.7 Å². The lowest BCUT2D eigenvalue weighted by Gasteiger charge is -2.39. The molecule has 9 nitrogen and oxygen atoms in total. The Morgan fingerprint density at radius 2 is 1.77 bits per heavy atom. The summed E-state index contributed by atoms with van der Waals surface area (Å²) in [6.45, 7) is 2.36. The molecule has 1 saturated heterocycles. The van der Waals surface area contributed by atoms with Gasteiger partial charge in [0.1, 0.15) is 11.7 Å². The average molecular weight is 494 g/mol. The van der Waals surface area contributed by atoms with Crippen LogP contribution in [-0.4, -0.2) is 51.8 Å². The van der Waals surface area contributed by atoms with Crippen LogP contribution in [0, 0.1) is 5.82 Å². The number of hydrogen-bond donors (Lipinski definition) is 2. The molecule has 1 amide bonds. The van der Waals surface area contributed by atoms with Crippen molar-refractivity contribution < 1.29 is 22.4 Å². The Hall–Kier alpha value is -3.48. The number of nitrogens with zero attached hydrogens (tertiary/aromatic N) is 6. The van der Waals surface area contributed by atoms with Gasteiger partial charge in [-0.3, -0.25) is 4.79 Å². The Bertz CT molecular complexity index is 1100. The maximum Gasteiger partial charge on any atom is 0.417 e. The number of carbonyl (C=O) groups is 1. The standard InChI is InChI=1S/C22H26F4N8O/c1-13(31-27)34(28)19-5-2-14(11-29-19)21(35)33(16-3-4-16)17-6-8-32(9-7-17)20-18(23)10-15(12-30-20)22(24,25)26/h2,5,10-12,16-17H,3-4,6-9,27-28H2,1H3. The molecule has 4 N–H and O–H groups in total. The van der Waals surface area contributed by atoms with E-state index in [9.17, 15) is 22.4 Å². The predicted molar refractivity (Wildman–Crippen MR) is 122 cm³/mol. The van der Waals surface area contributed by atoms with E-state index in [-0.39, 0.29) is 23.8 Å². The molecule has 2 aromatic heterocycles. The van der Waals surface area contributed by atoms with Crippen LogP contribution >= 0.6 is 0 Å². The second kappa shape index (κ2) is 9.64. The number of hydrogen-bond acceptors (Lipinski definition) is 7. The number of amides is 1. The lowest BCUT2D eigenvalue weighted by Crippen LogP contribution is -2.49. The summed E-state index contributed by atoms with van der Waals surface area (Å²) < 4.78 is 52.8. The Kier molecular flexibility index (Phi) is 6.79. The zero-order chi connectivity index (χ0) is 25.3. The van der Waals surface area contributed by atoms with Gasteiger partial charge in [-0.1, -0.05) is 0 Å². The SMILES string of the molecule is CC(=NN)N(N)c1ccc(C(=O)N(C2CC2)C2CCN(c3ncc(C(F)(F)F)cc3F)CC2)cn1. The topological polar surface area (TPSA) is 117 Å². The molecule has 0 unspecified atom stereocenters. The molecule has 0 atom stereocenters. The molecule has 4 rings (SSSR count). The first-order valence-corrected chi connectivity index (χ1v) is 11.2. The second-order valence-corrected chi connectivity index (χ2v) is 8.64. The van der Waals surface area contributed by atoms with Gasteiger partial charge in [-0.2, -0.15) is 18.3 Å². The molecule has 3 heterocycles. The van der Waals surface area contributed by atoms with Crippen molar-refractivity contribution in [3.05, 3.63) is 47.5 Å². The van der Waals surface area contributed by atoms with E-state index in [1.165, 1.54) is 11.2 Å². The van der Waals surface area contributed by atoms with E-state index in [1.54, 1.807) is 24.0 Å². The van der Waals surface area contributed by atoms with E-state index < -0.39 is 17.6 Å². The third-order valence-corrected chi connectivity index (χ3v) is 6.26. The highest BCUT2D eigenvalue weighted by molar-refractivity contribution is 5.96. The van der Waals surface area contributed by atoms with Crippen molar-refractivity contribution in [2.75, 3.05) is 23.0 Å². The van der Waals surface area contributed by atoms with Crippen molar-refractivity contribution in [3.8, 4) is 0 Å². The minimum atomic E-state index is -4.66. The van der Waals surface area contributed by atoms with Crippen LogP contribution in [0.4, 0.5) is 29.2 Å². The number of hydrazone groups is 1. The zero-order valence-electron chi connectivity index (χ0n) is 19.0. The lowest BCUT2D eigenvalue weighted by atomic mass is 10.0. The first-order chi connectivity index (χ1) is 16.6. The fourth-order valence-electron chi connectivity index (χ4n) is 4.19. The Morgan fingerprint density at radius 1 is 1.11 bits per heavy atom. The van der Waals surface area contributed by atoms with Gasteiger partial charge < -0.3 is 15.6 Å². The van der Waals surface area contributed by atoms with Crippen molar-refractivity contribution in [2.45, 2.75) is 50.9 Å². The second-order valence-electron chi connectivity index (χ2n) is 8.64. The van der Waals surface area contributed by atoms with E-state index >= 15 is 0 Å². The monoisotopic (exact) mass is 494 g/mol. The van der Waals surface area contributed by atoms with Gasteiger partial charge in [-0.25, -0.2) is 25.2 Å². The van der Waals surface area contributed by atoms with Crippen molar-refractivity contribution in [1.29, 1.82) is 0 Å². The summed E-state index contributed by atoms with van der Waals surface area (Å²) >= 11 is 0. The maximum atomic E-state index is 14.4. The number of aromatic nitrogens is 2. The summed E-state index contributed by atoms with van der Waals surface area (Å²) in [4.78, 5) is 24.8. The maximum absolute atomic E-state index is 14.4. The number of anilines is 2. The highest BCUT2D eigenvalue weighted by atomic mass is 19.4. The van der Waals surface area contributed by atoms with Crippen LogP contribution in [0.5, 0.6) is 0 Å². The van der Waals surface area contributed by atoms with Crippen molar-refractivity contribution in [1.82, 2.24) is 14.9 Å². The number of alkyl halides is 3. The molecule has 0 spiro atoms. The third-order valence-electron chi connectivity index (χ3n) is 6.26. The number of halogens is 4. The van der Waals surface area contributed by atoms with Gasteiger partial charge in [0.05, 0.1) is 11.1 Å². The number of rotatable bonds is 5. The molecule has 1 saturated carbocycles. The molecule has 2 aliphatic rings. The molecular weight excluding hydrogens is 468 g/mol. The number of piperidine rings is 1. The molecule has 0 radical (unpaired) electrons. The average Bonchev–Trinajstić information content (AvgIpc) is 3.68. The van der Waals surface area contributed by atoms with E-state index in [0.29, 0.717) is 55.4 Å². The van der Waals surface area contributed by atoms with Crippen LogP contribution < -0.4 is 21.6 Å². The smallest absolute Gasteiger partial charge is 0.354 e. The fraction of sp³-hybridized carbons (Fsp3) is 0.455.